The summed E-state index contributed by atoms with van der Waals surface area (Å²) in [6, 6.07) is 0. The number of hydrogen-bond donors (Lipinski definition) is 2. The van der Waals surface area contributed by atoms with E-state index in [9.17, 15) is 0 Å². The van der Waals surface area contributed by atoms with Crippen molar-refractivity contribution in [3.8, 4) is 12.3 Å². The maximum absolute atomic E-state index is 5.13. The van der Waals surface area contributed by atoms with E-state index in [-0.39, 0.29) is 24.0 Å². The number of nitrogens with zero attached hydrogens (tertiary/aromatic N) is 3. The van der Waals surface area contributed by atoms with Gasteiger partial charge in [-0.15, -0.1) is 30.4 Å². The molecule has 0 radical (unpaired) electrons. The fourth-order valence-electron chi connectivity index (χ4n) is 1.08. The lowest BCUT2D eigenvalue weighted by Gasteiger charge is -2.07. The topological polar surface area (TPSA) is 75.3 Å². The van der Waals surface area contributed by atoms with E-state index in [4.69, 9.17) is 10.9 Å². The highest BCUT2D eigenvalue weighted by molar-refractivity contribution is 14.0. The van der Waals surface area contributed by atoms with Crippen LogP contribution in [0.1, 0.15) is 11.7 Å². The van der Waals surface area contributed by atoms with Gasteiger partial charge < -0.3 is 15.2 Å². The molecule has 1 rings (SSSR count). The third kappa shape index (κ3) is 6.11. The van der Waals surface area contributed by atoms with Gasteiger partial charge in [0.2, 0.25) is 5.89 Å². The summed E-state index contributed by atoms with van der Waals surface area (Å²) < 4.78 is 4.97. The van der Waals surface area contributed by atoms with E-state index in [1.54, 1.807) is 14.0 Å². The molecule has 0 bridgehead atoms. The van der Waals surface area contributed by atoms with Crippen LogP contribution in [0.4, 0.5) is 0 Å². The van der Waals surface area contributed by atoms with Gasteiger partial charge in [0.1, 0.15) is 0 Å². The van der Waals surface area contributed by atoms with Crippen LogP contribution in [0, 0.1) is 19.3 Å². The average Bonchev–Trinajstić information content (AvgIpc) is 2.69. The molecule has 6 nitrogen and oxygen atoms in total. The van der Waals surface area contributed by atoms with E-state index in [1.165, 1.54) is 0 Å². The summed E-state index contributed by atoms with van der Waals surface area (Å²) in [7, 11) is 1.68. The van der Waals surface area contributed by atoms with Gasteiger partial charge in [0.05, 0.1) is 6.54 Å². The van der Waals surface area contributed by atoms with Gasteiger partial charge >= 0.3 is 0 Å². The van der Waals surface area contributed by atoms with Gasteiger partial charge in [-0.2, -0.15) is 4.98 Å². The van der Waals surface area contributed by atoms with Crippen LogP contribution in [0.15, 0.2) is 9.52 Å². The number of aliphatic imine (C=N–C) groups is 1. The molecule has 0 aliphatic rings. The molecule has 0 aliphatic carbocycles. The van der Waals surface area contributed by atoms with Crippen molar-refractivity contribution in [2.45, 2.75) is 13.3 Å². The van der Waals surface area contributed by atoms with Crippen molar-refractivity contribution in [3.63, 3.8) is 0 Å². The summed E-state index contributed by atoms with van der Waals surface area (Å²) in [6.45, 7) is 2.89. The molecule has 1 aromatic heterocycles. The number of aryl methyl sites for hydroxylation is 1. The van der Waals surface area contributed by atoms with Crippen molar-refractivity contribution in [1.29, 1.82) is 0 Å². The first-order valence-electron chi connectivity index (χ1n) is 4.93. The lowest BCUT2D eigenvalue weighted by atomic mass is 10.4. The molecule has 7 heteroatoms. The second-order valence-electron chi connectivity index (χ2n) is 3.04. The molecule has 0 unspecified atom stereocenters. The molecule has 2 N–H and O–H groups in total. The summed E-state index contributed by atoms with van der Waals surface area (Å²) in [6.07, 6.45) is 5.78. The Morgan fingerprint density at radius 3 is 2.82 bits per heavy atom. The van der Waals surface area contributed by atoms with Crippen LogP contribution >= 0.6 is 24.0 Å². The van der Waals surface area contributed by atoms with Crippen molar-refractivity contribution >= 4 is 29.9 Å². The monoisotopic (exact) mass is 349 g/mol. The molecule has 0 aromatic carbocycles. The van der Waals surface area contributed by atoms with E-state index in [1.807, 2.05) is 0 Å². The van der Waals surface area contributed by atoms with Crippen LogP contribution in [0.5, 0.6) is 0 Å². The quantitative estimate of drug-likeness (QED) is 0.355. The van der Waals surface area contributed by atoms with Gasteiger partial charge in [-0.05, 0) is 6.92 Å². The van der Waals surface area contributed by atoms with Gasteiger partial charge in [-0.25, -0.2) is 0 Å². The predicted octanol–water partition coefficient (Wildman–Crippen LogP) is 0.337. The molecule has 1 heterocycles. The molecule has 0 atom stereocenters. The SMILES string of the molecule is C#CCNC(=NC)NCCc1nc(C)no1.I. The third-order valence-corrected chi connectivity index (χ3v) is 1.78. The first kappa shape index (κ1) is 15.7. The first-order valence-corrected chi connectivity index (χ1v) is 4.93. The minimum absolute atomic E-state index is 0. The normalized spacial score (nSPS) is 10.3. The van der Waals surface area contributed by atoms with Crippen LogP contribution in [-0.4, -0.2) is 36.2 Å². The lowest BCUT2D eigenvalue weighted by molar-refractivity contribution is 0.374. The average molecular weight is 349 g/mol. The minimum Gasteiger partial charge on any atom is -0.356 e. The number of hydrogen-bond acceptors (Lipinski definition) is 4. The number of terminal acetylenes is 1. The smallest absolute Gasteiger partial charge is 0.228 e. The number of guanidine groups is 1. The molecule has 17 heavy (non-hydrogen) atoms. The second kappa shape index (κ2) is 8.81. The summed E-state index contributed by atoms with van der Waals surface area (Å²) in [5.74, 6) is 4.38. The molecule has 94 valence electrons. The Hall–Kier alpha value is -1.30. The van der Waals surface area contributed by atoms with E-state index in [0.29, 0.717) is 37.2 Å². The fraction of sp³-hybridized carbons (Fsp3) is 0.500. The maximum Gasteiger partial charge on any atom is 0.228 e. The summed E-state index contributed by atoms with van der Waals surface area (Å²) in [5.41, 5.74) is 0. The van der Waals surface area contributed by atoms with E-state index in [0.717, 1.165) is 0 Å². The van der Waals surface area contributed by atoms with Crippen molar-refractivity contribution in [1.82, 2.24) is 20.8 Å². The molecule has 0 spiro atoms. The van der Waals surface area contributed by atoms with Crippen molar-refractivity contribution in [2.24, 2.45) is 4.99 Å². The molecule has 0 aliphatic heterocycles. The molecule has 1 aromatic rings. The van der Waals surface area contributed by atoms with Crippen LogP contribution in [-0.2, 0) is 6.42 Å². The Labute approximate surface area is 118 Å². The van der Waals surface area contributed by atoms with Gasteiger partial charge in [0.15, 0.2) is 11.8 Å². The molecule has 0 saturated heterocycles. The first-order chi connectivity index (χ1) is 7.76. The standard InChI is InChI=1S/C10H15N5O.HI/c1-4-6-12-10(11-3)13-7-5-9-14-8(2)15-16-9;/h1H,5-7H2,2-3H3,(H2,11,12,13);1H. The van der Waals surface area contributed by atoms with Crippen molar-refractivity contribution in [2.75, 3.05) is 20.1 Å². The van der Waals surface area contributed by atoms with Crippen LogP contribution in [0.2, 0.25) is 0 Å². The van der Waals surface area contributed by atoms with E-state index < -0.39 is 0 Å². The van der Waals surface area contributed by atoms with Crippen LogP contribution < -0.4 is 10.6 Å². The van der Waals surface area contributed by atoms with Crippen molar-refractivity contribution < 1.29 is 4.52 Å². The van der Waals surface area contributed by atoms with Gasteiger partial charge in [-0.1, -0.05) is 11.1 Å². The number of aromatic nitrogens is 2. The highest BCUT2D eigenvalue weighted by Crippen LogP contribution is 1.95. The van der Waals surface area contributed by atoms with Gasteiger partial charge in [-0.3, -0.25) is 4.99 Å². The lowest BCUT2D eigenvalue weighted by Crippen LogP contribution is -2.38. The minimum atomic E-state index is 0. The Kier molecular flexibility index (Phi) is 8.13. The number of rotatable bonds is 4. The zero-order chi connectivity index (χ0) is 11.8. The molecule has 0 fully saturated rings. The highest BCUT2D eigenvalue weighted by atomic mass is 127. The fourth-order valence-corrected chi connectivity index (χ4v) is 1.08. The van der Waals surface area contributed by atoms with Crippen molar-refractivity contribution in [3.05, 3.63) is 11.7 Å². The van der Waals surface area contributed by atoms with Gasteiger partial charge in [0.25, 0.3) is 0 Å². The zero-order valence-electron chi connectivity index (χ0n) is 9.86. The molecule has 0 amide bonds. The highest BCUT2D eigenvalue weighted by Gasteiger charge is 2.02. The Morgan fingerprint density at radius 2 is 2.29 bits per heavy atom. The van der Waals surface area contributed by atoms with E-state index in [2.05, 4.69) is 31.7 Å². The molecular formula is C10H16IN5O. The summed E-state index contributed by atoms with van der Waals surface area (Å²) in [4.78, 5) is 8.08. The third-order valence-electron chi connectivity index (χ3n) is 1.78. The predicted molar refractivity (Wildman–Crippen MR) is 76.4 cm³/mol. The summed E-state index contributed by atoms with van der Waals surface area (Å²) >= 11 is 0. The Balaban J connectivity index is 0.00000256. The number of nitrogens with one attached hydrogen (secondary N) is 2. The second-order valence-corrected chi connectivity index (χ2v) is 3.04. The molecule has 0 saturated carbocycles. The van der Waals surface area contributed by atoms with Crippen LogP contribution in [0.25, 0.3) is 0 Å². The van der Waals surface area contributed by atoms with Crippen LogP contribution in [0.3, 0.4) is 0 Å². The Bertz CT molecular complexity index is 396. The van der Waals surface area contributed by atoms with Gasteiger partial charge in [0, 0.05) is 20.0 Å². The Morgan fingerprint density at radius 1 is 1.53 bits per heavy atom. The zero-order valence-corrected chi connectivity index (χ0v) is 12.2. The maximum atomic E-state index is 5.13. The molecular weight excluding hydrogens is 333 g/mol. The number of halogens is 1. The van der Waals surface area contributed by atoms with E-state index >= 15 is 0 Å². The summed E-state index contributed by atoms with van der Waals surface area (Å²) in [5, 5.41) is 9.72. The largest absolute Gasteiger partial charge is 0.356 e.